The Morgan fingerprint density at radius 2 is 2.00 bits per heavy atom. The molecule has 9 nitrogen and oxygen atoms in total. The van der Waals surface area contributed by atoms with Crippen LogP contribution in [-0.2, 0) is 0 Å². The average molecular weight is 376 g/mol. The van der Waals surface area contributed by atoms with Crippen molar-refractivity contribution in [3.8, 4) is 23.3 Å². The van der Waals surface area contributed by atoms with Crippen LogP contribution >= 0.6 is 0 Å². The lowest BCUT2D eigenvalue weighted by Gasteiger charge is -2.06. The standard InChI is InChI=1S/C19H16N6O3/c20-18(26)16-8-1-2-9-17(16)28-11-4-3-10-21-19(27)14-6-5-7-15(12-14)25-13-22-23-24-25/h1-2,5-9,12-13H,10-11H2,(H2,20,26)(H,21,27). The monoisotopic (exact) mass is 376 g/mol. The normalized spacial score (nSPS) is 9.86. The van der Waals surface area contributed by atoms with Gasteiger partial charge in [-0.3, -0.25) is 9.59 Å². The van der Waals surface area contributed by atoms with Crippen molar-refractivity contribution in [1.29, 1.82) is 0 Å². The number of tetrazole rings is 1. The van der Waals surface area contributed by atoms with Gasteiger partial charge in [-0.15, -0.1) is 5.10 Å². The molecule has 0 aliphatic rings. The highest BCUT2D eigenvalue weighted by molar-refractivity contribution is 5.95. The highest BCUT2D eigenvalue weighted by atomic mass is 16.5. The molecular weight excluding hydrogens is 360 g/mol. The second-order valence-corrected chi connectivity index (χ2v) is 5.49. The van der Waals surface area contributed by atoms with E-state index in [0.29, 0.717) is 22.6 Å². The van der Waals surface area contributed by atoms with Gasteiger partial charge < -0.3 is 15.8 Å². The SMILES string of the molecule is NC(=O)c1ccccc1OCC#CCNC(=O)c1cccc(-n2cnnn2)c1. The van der Waals surface area contributed by atoms with Crippen molar-refractivity contribution in [2.45, 2.75) is 0 Å². The van der Waals surface area contributed by atoms with Crippen LogP contribution in [0.3, 0.4) is 0 Å². The van der Waals surface area contributed by atoms with Gasteiger partial charge in [0.05, 0.1) is 17.8 Å². The summed E-state index contributed by atoms with van der Waals surface area (Å²) in [6.45, 7) is 0.212. The summed E-state index contributed by atoms with van der Waals surface area (Å²) in [5.74, 6) is 5.08. The van der Waals surface area contributed by atoms with Gasteiger partial charge >= 0.3 is 0 Å². The zero-order valence-corrected chi connectivity index (χ0v) is 14.7. The van der Waals surface area contributed by atoms with E-state index in [1.165, 1.54) is 11.0 Å². The molecule has 3 rings (SSSR count). The number of amides is 2. The molecule has 2 aromatic carbocycles. The van der Waals surface area contributed by atoms with Gasteiger partial charge in [-0.1, -0.05) is 30.0 Å². The molecule has 1 heterocycles. The maximum absolute atomic E-state index is 12.2. The molecule has 3 N–H and O–H groups in total. The number of nitrogens with one attached hydrogen (secondary N) is 1. The molecule has 0 radical (unpaired) electrons. The van der Waals surface area contributed by atoms with E-state index in [-0.39, 0.29) is 19.1 Å². The number of aromatic nitrogens is 4. The predicted molar refractivity (Wildman–Crippen MR) is 99.7 cm³/mol. The van der Waals surface area contributed by atoms with E-state index in [9.17, 15) is 9.59 Å². The van der Waals surface area contributed by atoms with Crippen molar-refractivity contribution in [2.75, 3.05) is 13.2 Å². The van der Waals surface area contributed by atoms with Crippen LogP contribution in [0.25, 0.3) is 5.69 Å². The quantitative estimate of drug-likeness (QED) is 0.606. The number of carbonyl (C=O) groups is 2. The lowest BCUT2D eigenvalue weighted by Crippen LogP contribution is -2.23. The Morgan fingerprint density at radius 3 is 2.79 bits per heavy atom. The van der Waals surface area contributed by atoms with E-state index in [1.807, 2.05) is 0 Å². The number of ether oxygens (including phenoxy) is 1. The smallest absolute Gasteiger partial charge is 0.252 e. The van der Waals surface area contributed by atoms with Gasteiger partial charge in [-0.25, -0.2) is 4.68 Å². The molecule has 0 spiro atoms. The van der Waals surface area contributed by atoms with Gasteiger partial charge in [-0.05, 0) is 40.8 Å². The van der Waals surface area contributed by atoms with Crippen LogP contribution < -0.4 is 15.8 Å². The second-order valence-electron chi connectivity index (χ2n) is 5.49. The van der Waals surface area contributed by atoms with Gasteiger partial charge in [0.1, 0.15) is 18.7 Å². The molecule has 3 aromatic rings. The van der Waals surface area contributed by atoms with Crippen molar-refractivity contribution >= 4 is 11.8 Å². The maximum atomic E-state index is 12.2. The minimum Gasteiger partial charge on any atom is -0.480 e. The number of rotatable bonds is 6. The lowest BCUT2D eigenvalue weighted by atomic mass is 10.2. The van der Waals surface area contributed by atoms with Gasteiger partial charge in [0.2, 0.25) is 0 Å². The highest BCUT2D eigenvalue weighted by Gasteiger charge is 2.08. The van der Waals surface area contributed by atoms with E-state index in [2.05, 4.69) is 32.7 Å². The van der Waals surface area contributed by atoms with E-state index in [1.54, 1.807) is 48.5 Å². The van der Waals surface area contributed by atoms with Gasteiger partial charge in [0.15, 0.2) is 0 Å². The molecule has 0 fully saturated rings. The predicted octanol–water partition coefficient (Wildman–Crippen LogP) is 0.573. The zero-order chi connectivity index (χ0) is 19.8. The van der Waals surface area contributed by atoms with Crippen LogP contribution in [-0.4, -0.2) is 45.2 Å². The molecular formula is C19H16N6O3. The number of carbonyl (C=O) groups excluding carboxylic acids is 2. The largest absolute Gasteiger partial charge is 0.480 e. The van der Waals surface area contributed by atoms with E-state index >= 15 is 0 Å². The van der Waals surface area contributed by atoms with Crippen LogP contribution in [0, 0.1) is 11.8 Å². The average Bonchev–Trinajstić information content (AvgIpc) is 3.25. The number of nitrogens with zero attached hydrogens (tertiary/aromatic N) is 4. The fraction of sp³-hybridized carbons (Fsp3) is 0.105. The van der Waals surface area contributed by atoms with Gasteiger partial charge in [-0.2, -0.15) is 0 Å². The number of benzene rings is 2. The zero-order valence-electron chi connectivity index (χ0n) is 14.7. The van der Waals surface area contributed by atoms with Crippen LogP contribution in [0.1, 0.15) is 20.7 Å². The van der Waals surface area contributed by atoms with Crippen molar-refractivity contribution in [3.05, 3.63) is 66.0 Å². The first-order valence-corrected chi connectivity index (χ1v) is 8.24. The van der Waals surface area contributed by atoms with Crippen LogP contribution in [0.2, 0.25) is 0 Å². The van der Waals surface area contributed by atoms with Crippen molar-refractivity contribution in [2.24, 2.45) is 5.73 Å². The lowest BCUT2D eigenvalue weighted by molar-refractivity contribution is 0.0956. The third kappa shape index (κ3) is 4.70. The molecule has 0 aliphatic heterocycles. The summed E-state index contributed by atoms with van der Waals surface area (Å²) < 4.78 is 6.89. The first kappa shape index (κ1) is 18.6. The summed E-state index contributed by atoms with van der Waals surface area (Å²) in [4.78, 5) is 23.5. The molecule has 1 aromatic heterocycles. The third-order valence-electron chi connectivity index (χ3n) is 3.64. The summed E-state index contributed by atoms with van der Waals surface area (Å²) in [6, 6.07) is 13.5. The minimum absolute atomic E-state index is 0.0644. The Morgan fingerprint density at radius 1 is 1.14 bits per heavy atom. The Balaban J connectivity index is 1.50. The Hall–Kier alpha value is -4.19. The topological polar surface area (TPSA) is 125 Å². The second kappa shape index (κ2) is 8.95. The maximum Gasteiger partial charge on any atom is 0.252 e. The summed E-state index contributed by atoms with van der Waals surface area (Å²) in [5, 5.41) is 13.6. The van der Waals surface area contributed by atoms with E-state index < -0.39 is 5.91 Å². The molecule has 140 valence electrons. The summed E-state index contributed by atoms with van der Waals surface area (Å²) in [6.07, 6.45) is 1.44. The number of para-hydroxylation sites is 1. The minimum atomic E-state index is -0.570. The first-order chi connectivity index (χ1) is 13.6. The van der Waals surface area contributed by atoms with Crippen LogP contribution in [0.4, 0.5) is 0 Å². The molecule has 0 atom stereocenters. The third-order valence-corrected chi connectivity index (χ3v) is 3.64. The summed E-state index contributed by atoms with van der Waals surface area (Å²) in [7, 11) is 0. The molecule has 0 aliphatic carbocycles. The fourth-order valence-corrected chi connectivity index (χ4v) is 2.32. The highest BCUT2D eigenvalue weighted by Crippen LogP contribution is 2.16. The molecule has 0 saturated carbocycles. The summed E-state index contributed by atoms with van der Waals surface area (Å²) in [5.41, 5.74) is 6.70. The van der Waals surface area contributed by atoms with Crippen molar-refractivity contribution in [3.63, 3.8) is 0 Å². The van der Waals surface area contributed by atoms with E-state index in [0.717, 1.165) is 0 Å². The fourth-order valence-electron chi connectivity index (χ4n) is 2.32. The number of nitrogens with two attached hydrogens (primary N) is 1. The van der Waals surface area contributed by atoms with Gasteiger partial charge in [0.25, 0.3) is 11.8 Å². The first-order valence-electron chi connectivity index (χ1n) is 8.24. The van der Waals surface area contributed by atoms with Gasteiger partial charge in [0, 0.05) is 5.56 Å². The van der Waals surface area contributed by atoms with Crippen LogP contribution in [0.5, 0.6) is 5.75 Å². The molecule has 9 heteroatoms. The van der Waals surface area contributed by atoms with Crippen molar-refractivity contribution < 1.29 is 14.3 Å². The number of hydrogen-bond donors (Lipinski definition) is 2. The molecule has 2 amide bonds. The number of hydrogen-bond acceptors (Lipinski definition) is 6. The Bertz CT molecular complexity index is 1040. The molecule has 28 heavy (non-hydrogen) atoms. The van der Waals surface area contributed by atoms with Crippen LogP contribution in [0.15, 0.2) is 54.9 Å². The molecule has 0 bridgehead atoms. The molecule has 0 unspecified atom stereocenters. The van der Waals surface area contributed by atoms with E-state index in [4.69, 9.17) is 10.5 Å². The Kier molecular flexibility index (Phi) is 5.95. The number of primary amides is 1. The Labute approximate surface area is 160 Å². The molecule has 0 saturated heterocycles. The summed E-state index contributed by atoms with van der Waals surface area (Å²) >= 11 is 0. The van der Waals surface area contributed by atoms with Crippen molar-refractivity contribution in [1.82, 2.24) is 25.5 Å².